The Balaban J connectivity index is 0.000000914. The van der Waals surface area contributed by atoms with Gasteiger partial charge in [0, 0.05) is 5.41 Å². The molecular weight excluding hydrogens is 408 g/mol. The topological polar surface area (TPSA) is 43.4 Å². The number of carbonyl (C=O) groups excluding carboxylic acids is 2. The lowest BCUT2D eigenvalue weighted by atomic mass is 9.37. The van der Waals surface area contributed by atoms with Gasteiger partial charge in [-0.15, -0.1) is 0 Å². The first kappa shape index (κ1) is 28.4. The van der Waals surface area contributed by atoms with Gasteiger partial charge in [0.2, 0.25) is 0 Å². The fourth-order valence-corrected chi connectivity index (χ4v) is 9.09. The first-order valence-corrected chi connectivity index (χ1v) is 14.4. The molecule has 33 heavy (non-hydrogen) atoms. The third-order valence-corrected chi connectivity index (χ3v) is 10.5. The van der Waals surface area contributed by atoms with E-state index in [2.05, 4.69) is 27.7 Å². The van der Waals surface area contributed by atoms with Crippen LogP contribution < -0.4 is 0 Å². The van der Waals surface area contributed by atoms with Crippen molar-refractivity contribution < 1.29 is 14.3 Å². The summed E-state index contributed by atoms with van der Waals surface area (Å²) in [5.74, 6) is 2.16. The van der Waals surface area contributed by atoms with Crippen molar-refractivity contribution in [1.82, 2.24) is 0 Å². The summed E-state index contributed by atoms with van der Waals surface area (Å²) in [7, 11) is 0. The zero-order valence-electron chi connectivity index (χ0n) is 23.4. The second-order valence-electron chi connectivity index (χ2n) is 11.5. The van der Waals surface area contributed by atoms with E-state index in [0.29, 0.717) is 35.7 Å². The molecule has 0 amide bonds. The van der Waals surface area contributed by atoms with Gasteiger partial charge in [0.05, 0.1) is 6.61 Å². The number of ketones is 1. The van der Waals surface area contributed by atoms with Crippen LogP contribution in [0.5, 0.6) is 0 Å². The predicted octanol–water partition coefficient (Wildman–Crippen LogP) is 8.25. The molecule has 0 saturated heterocycles. The molecule has 0 radical (unpaired) electrons. The van der Waals surface area contributed by atoms with Gasteiger partial charge in [-0.05, 0) is 99.2 Å². The van der Waals surface area contributed by atoms with E-state index in [1.807, 2.05) is 34.6 Å². The standard InChI is InChI=1S/C26H42O3.2C2H6/c1-6-26-15-10-17(3)16-24(26,4)13-11-18-20-9-8-19(23(28)29-7-2)22(27)25(20,5)14-12-21(18)26;2*1-2/h17-21H,6-16H2,1-5H3;2*1-2H3/t17?,18?,19?,20?,21?,24-,25?,26?;;/m1../s1. The van der Waals surface area contributed by atoms with Crippen LogP contribution in [0.3, 0.4) is 0 Å². The van der Waals surface area contributed by atoms with Crippen molar-refractivity contribution in [2.75, 3.05) is 6.61 Å². The van der Waals surface area contributed by atoms with Crippen LogP contribution >= 0.6 is 0 Å². The Hall–Kier alpha value is -0.860. The molecule has 0 N–H and O–H groups in total. The summed E-state index contributed by atoms with van der Waals surface area (Å²) < 4.78 is 5.25. The van der Waals surface area contributed by atoms with Crippen LogP contribution in [-0.2, 0) is 14.3 Å². The second-order valence-corrected chi connectivity index (χ2v) is 11.5. The number of Topliss-reactive ketones (excluding diaryl/α,β-unsaturated/α-hetero) is 1. The molecule has 4 aliphatic carbocycles. The molecular formula is C30H54O3. The van der Waals surface area contributed by atoms with Crippen LogP contribution in [0.4, 0.5) is 0 Å². The molecule has 0 aromatic carbocycles. The monoisotopic (exact) mass is 462 g/mol. The maximum atomic E-state index is 13.5. The van der Waals surface area contributed by atoms with Gasteiger partial charge in [-0.1, -0.05) is 61.8 Å². The van der Waals surface area contributed by atoms with Crippen LogP contribution in [0.25, 0.3) is 0 Å². The Labute approximate surface area is 205 Å². The normalized spacial score (nSPS) is 43.9. The average molecular weight is 463 g/mol. The van der Waals surface area contributed by atoms with Crippen molar-refractivity contribution in [3.63, 3.8) is 0 Å². The molecule has 0 aromatic rings. The van der Waals surface area contributed by atoms with E-state index in [1.54, 1.807) is 0 Å². The molecule has 8 atom stereocenters. The molecule has 0 heterocycles. The molecule has 4 aliphatic rings. The highest BCUT2D eigenvalue weighted by Gasteiger charge is 2.64. The van der Waals surface area contributed by atoms with Crippen molar-refractivity contribution in [3.8, 4) is 0 Å². The summed E-state index contributed by atoms with van der Waals surface area (Å²) in [6.07, 6.45) is 11.9. The van der Waals surface area contributed by atoms with Crippen LogP contribution in [0, 0.1) is 45.8 Å². The van der Waals surface area contributed by atoms with Crippen molar-refractivity contribution in [2.24, 2.45) is 45.8 Å². The summed E-state index contributed by atoms with van der Waals surface area (Å²) in [5, 5.41) is 0. The van der Waals surface area contributed by atoms with Gasteiger partial charge in [-0.2, -0.15) is 0 Å². The molecule has 0 spiro atoms. The number of carbonyl (C=O) groups is 2. The third-order valence-electron chi connectivity index (χ3n) is 10.5. The summed E-state index contributed by atoms with van der Waals surface area (Å²) in [6, 6.07) is 0. The summed E-state index contributed by atoms with van der Waals surface area (Å²) >= 11 is 0. The number of hydrogen-bond donors (Lipinski definition) is 0. The van der Waals surface area contributed by atoms with Gasteiger partial charge < -0.3 is 4.74 Å². The SMILES string of the molecule is CC.CC.CCOC(=O)C1CCC2C3CC[C@]4(C)CC(C)CCC4(CC)C3CCC2(C)C1=O. The second kappa shape index (κ2) is 11.3. The van der Waals surface area contributed by atoms with Gasteiger partial charge in [-0.3, -0.25) is 9.59 Å². The Bertz CT molecular complexity index is 671. The molecule has 0 aliphatic heterocycles. The van der Waals surface area contributed by atoms with Gasteiger partial charge in [0.1, 0.15) is 5.92 Å². The smallest absolute Gasteiger partial charge is 0.316 e. The zero-order valence-corrected chi connectivity index (χ0v) is 23.4. The maximum Gasteiger partial charge on any atom is 0.316 e. The number of esters is 1. The van der Waals surface area contributed by atoms with Crippen LogP contribution in [0.15, 0.2) is 0 Å². The highest BCUT2D eigenvalue weighted by molar-refractivity contribution is 6.02. The number of ether oxygens (including phenoxy) is 1. The highest BCUT2D eigenvalue weighted by atomic mass is 16.5. The van der Waals surface area contributed by atoms with Gasteiger partial charge in [0.25, 0.3) is 0 Å². The van der Waals surface area contributed by atoms with Crippen molar-refractivity contribution in [2.45, 2.75) is 127 Å². The Kier molecular flexibility index (Phi) is 9.68. The average Bonchev–Trinajstić information content (AvgIpc) is 2.82. The van der Waals surface area contributed by atoms with Gasteiger partial charge in [-0.25, -0.2) is 0 Å². The summed E-state index contributed by atoms with van der Waals surface area (Å²) in [4.78, 5) is 25.9. The fraction of sp³-hybridized carbons (Fsp3) is 0.933. The maximum absolute atomic E-state index is 13.5. The minimum Gasteiger partial charge on any atom is -0.465 e. The molecule has 0 bridgehead atoms. The molecule has 192 valence electrons. The lowest BCUT2D eigenvalue weighted by Gasteiger charge is -2.67. The largest absolute Gasteiger partial charge is 0.465 e. The Morgan fingerprint density at radius 2 is 1.58 bits per heavy atom. The van der Waals surface area contributed by atoms with Crippen molar-refractivity contribution in [3.05, 3.63) is 0 Å². The molecule has 3 nitrogen and oxygen atoms in total. The fourth-order valence-electron chi connectivity index (χ4n) is 9.09. The first-order valence-electron chi connectivity index (χ1n) is 14.4. The quantitative estimate of drug-likeness (QED) is 0.313. The highest BCUT2D eigenvalue weighted by Crippen LogP contribution is 2.70. The number of hydrogen-bond acceptors (Lipinski definition) is 3. The Morgan fingerprint density at radius 1 is 0.909 bits per heavy atom. The van der Waals surface area contributed by atoms with Crippen LogP contribution in [0.2, 0.25) is 0 Å². The molecule has 3 heteroatoms. The van der Waals surface area contributed by atoms with E-state index in [4.69, 9.17) is 4.74 Å². The molecule has 7 unspecified atom stereocenters. The third kappa shape index (κ3) is 4.56. The van der Waals surface area contributed by atoms with E-state index >= 15 is 0 Å². The van der Waals surface area contributed by atoms with E-state index in [0.717, 1.165) is 24.7 Å². The molecule has 4 saturated carbocycles. The summed E-state index contributed by atoms with van der Waals surface area (Å²) in [5.41, 5.74) is 0.618. The van der Waals surface area contributed by atoms with E-state index in [1.165, 1.54) is 44.9 Å². The molecule has 0 aromatic heterocycles. The first-order chi connectivity index (χ1) is 15.7. The van der Waals surface area contributed by atoms with Crippen LogP contribution in [0.1, 0.15) is 127 Å². The lowest BCUT2D eigenvalue weighted by Crippen LogP contribution is -2.61. The van der Waals surface area contributed by atoms with Gasteiger partial charge in [0.15, 0.2) is 5.78 Å². The van der Waals surface area contributed by atoms with Crippen molar-refractivity contribution in [1.29, 1.82) is 0 Å². The zero-order chi connectivity index (χ0) is 25.0. The van der Waals surface area contributed by atoms with E-state index in [9.17, 15) is 9.59 Å². The predicted molar refractivity (Wildman–Crippen MR) is 138 cm³/mol. The minimum atomic E-state index is -0.516. The minimum absolute atomic E-state index is 0.196. The lowest BCUT2D eigenvalue weighted by molar-refractivity contribution is -0.187. The number of rotatable bonds is 3. The van der Waals surface area contributed by atoms with E-state index in [-0.39, 0.29) is 17.2 Å². The number of fused-ring (bicyclic) bond motifs is 5. The molecule has 4 fully saturated rings. The Morgan fingerprint density at radius 3 is 2.18 bits per heavy atom. The van der Waals surface area contributed by atoms with Crippen molar-refractivity contribution >= 4 is 11.8 Å². The van der Waals surface area contributed by atoms with Gasteiger partial charge >= 0.3 is 5.97 Å². The van der Waals surface area contributed by atoms with E-state index < -0.39 is 5.92 Å². The summed E-state index contributed by atoms with van der Waals surface area (Å²) in [6.45, 7) is 19.9. The van der Waals surface area contributed by atoms with Crippen LogP contribution in [-0.4, -0.2) is 18.4 Å². The molecule has 4 rings (SSSR count).